The van der Waals surface area contributed by atoms with Crippen molar-refractivity contribution in [2.24, 2.45) is 5.92 Å². The Bertz CT molecular complexity index is 150. The normalized spacial score (nSPS) is 14.3. The minimum atomic E-state index is 0.481. The van der Waals surface area contributed by atoms with Gasteiger partial charge in [0.2, 0.25) is 0 Å². The van der Waals surface area contributed by atoms with E-state index in [2.05, 4.69) is 6.92 Å². The minimum absolute atomic E-state index is 0.481. The highest BCUT2D eigenvalue weighted by molar-refractivity contribution is 5.49. The molecule has 0 aromatic heterocycles. The van der Waals surface area contributed by atoms with Crippen LogP contribution in [0.1, 0.15) is 39.5 Å². The van der Waals surface area contributed by atoms with Crippen LogP contribution in [0.15, 0.2) is 11.8 Å². The smallest absolute Gasteiger partial charge is 0.120 e. The van der Waals surface area contributed by atoms with Crippen LogP contribution in [0, 0.1) is 5.92 Å². The van der Waals surface area contributed by atoms with Crippen molar-refractivity contribution >= 4 is 6.29 Å². The van der Waals surface area contributed by atoms with Crippen LogP contribution in [0.25, 0.3) is 0 Å². The molecule has 2 nitrogen and oxygen atoms in total. The largest absolute Gasteiger partial charge is 0.516 e. The number of aliphatic hydroxyl groups excluding tert-OH is 1. The maximum absolute atomic E-state index is 10.1. The summed E-state index contributed by atoms with van der Waals surface area (Å²) in [6, 6.07) is 0. The first-order valence-corrected chi connectivity index (χ1v) is 4.44. The van der Waals surface area contributed by atoms with Crippen LogP contribution in [0.2, 0.25) is 0 Å². The maximum atomic E-state index is 10.1. The molecule has 70 valence electrons. The summed E-state index contributed by atoms with van der Waals surface area (Å²) in [5.41, 5.74) is 1.01. The third-order valence-corrected chi connectivity index (χ3v) is 1.99. The van der Waals surface area contributed by atoms with Gasteiger partial charge < -0.3 is 9.90 Å². The highest BCUT2D eigenvalue weighted by Gasteiger charge is 2.00. The van der Waals surface area contributed by atoms with Gasteiger partial charge in [0.25, 0.3) is 0 Å². The molecule has 0 aromatic carbocycles. The number of carbonyl (C=O) groups is 1. The molecule has 0 saturated heterocycles. The average molecular weight is 170 g/mol. The van der Waals surface area contributed by atoms with Crippen molar-refractivity contribution in [3.05, 3.63) is 11.8 Å². The van der Waals surface area contributed by atoms with Crippen LogP contribution in [-0.4, -0.2) is 11.4 Å². The van der Waals surface area contributed by atoms with Crippen molar-refractivity contribution in [2.45, 2.75) is 39.5 Å². The van der Waals surface area contributed by atoms with E-state index in [1.165, 1.54) is 0 Å². The molecule has 0 fully saturated rings. The van der Waals surface area contributed by atoms with Gasteiger partial charge in [0.05, 0.1) is 6.26 Å². The van der Waals surface area contributed by atoms with Crippen LogP contribution in [0.5, 0.6) is 0 Å². The van der Waals surface area contributed by atoms with Crippen molar-refractivity contribution < 1.29 is 9.90 Å². The molecule has 0 aliphatic rings. The molecule has 0 rings (SSSR count). The molecule has 12 heavy (non-hydrogen) atoms. The number of aliphatic hydroxyl groups is 1. The van der Waals surface area contributed by atoms with Gasteiger partial charge >= 0.3 is 0 Å². The van der Waals surface area contributed by atoms with Crippen molar-refractivity contribution in [2.75, 3.05) is 0 Å². The van der Waals surface area contributed by atoms with E-state index in [9.17, 15) is 4.79 Å². The summed E-state index contributed by atoms with van der Waals surface area (Å²) in [4.78, 5) is 10.1. The number of hydrogen-bond acceptors (Lipinski definition) is 2. The lowest BCUT2D eigenvalue weighted by Gasteiger charge is -2.06. The van der Waals surface area contributed by atoms with Gasteiger partial charge in [-0.15, -0.1) is 0 Å². The molecule has 1 unspecified atom stereocenters. The van der Waals surface area contributed by atoms with Crippen LogP contribution in [-0.2, 0) is 4.79 Å². The standard InChI is InChI=1S/C10H18O2/c1-9(6-7-11)4-3-5-10(2)8-12/h7-9,12H,3-6H2,1-2H3. The number of rotatable bonds is 6. The molecule has 0 saturated carbocycles. The number of allylic oxidation sites excluding steroid dienone is 1. The molecule has 1 N–H and O–H groups in total. The van der Waals surface area contributed by atoms with E-state index in [1.54, 1.807) is 0 Å². The van der Waals surface area contributed by atoms with Crippen molar-refractivity contribution in [3.63, 3.8) is 0 Å². The van der Waals surface area contributed by atoms with Crippen LogP contribution >= 0.6 is 0 Å². The van der Waals surface area contributed by atoms with Gasteiger partial charge in [-0.25, -0.2) is 0 Å². The fourth-order valence-corrected chi connectivity index (χ4v) is 1.08. The van der Waals surface area contributed by atoms with E-state index in [0.717, 1.165) is 37.4 Å². The second kappa shape index (κ2) is 6.89. The van der Waals surface area contributed by atoms with Gasteiger partial charge in [-0.2, -0.15) is 0 Å². The molecule has 0 aromatic rings. The summed E-state index contributed by atoms with van der Waals surface area (Å²) in [5, 5.41) is 8.59. The van der Waals surface area contributed by atoms with E-state index in [4.69, 9.17) is 5.11 Å². The highest BCUT2D eigenvalue weighted by atomic mass is 16.2. The lowest BCUT2D eigenvalue weighted by Crippen LogP contribution is -1.95. The van der Waals surface area contributed by atoms with Crippen molar-refractivity contribution in [3.8, 4) is 0 Å². The molecule has 0 aliphatic heterocycles. The summed E-state index contributed by atoms with van der Waals surface area (Å²) in [7, 11) is 0. The van der Waals surface area contributed by atoms with E-state index in [1.807, 2.05) is 6.92 Å². The quantitative estimate of drug-likeness (QED) is 0.491. The summed E-state index contributed by atoms with van der Waals surface area (Å²) >= 11 is 0. The van der Waals surface area contributed by atoms with Crippen LogP contribution in [0.3, 0.4) is 0 Å². The fraction of sp³-hybridized carbons (Fsp3) is 0.700. The molecular weight excluding hydrogens is 152 g/mol. The van der Waals surface area contributed by atoms with Gasteiger partial charge in [0.15, 0.2) is 0 Å². The van der Waals surface area contributed by atoms with Gasteiger partial charge in [-0.3, -0.25) is 0 Å². The Morgan fingerprint density at radius 1 is 1.58 bits per heavy atom. The zero-order valence-electron chi connectivity index (χ0n) is 7.92. The Balaban J connectivity index is 3.36. The zero-order chi connectivity index (χ0) is 9.40. The molecule has 0 amide bonds. The second-order valence-corrected chi connectivity index (χ2v) is 3.38. The molecule has 0 spiro atoms. The second-order valence-electron chi connectivity index (χ2n) is 3.38. The van der Waals surface area contributed by atoms with Gasteiger partial charge in [-0.05, 0) is 37.7 Å². The van der Waals surface area contributed by atoms with Gasteiger partial charge in [0.1, 0.15) is 6.29 Å². The van der Waals surface area contributed by atoms with Gasteiger partial charge in [-0.1, -0.05) is 6.92 Å². The van der Waals surface area contributed by atoms with E-state index in [0.29, 0.717) is 12.3 Å². The number of aldehydes is 1. The van der Waals surface area contributed by atoms with E-state index in [-0.39, 0.29) is 0 Å². The first kappa shape index (κ1) is 11.2. The van der Waals surface area contributed by atoms with Crippen molar-refractivity contribution in [1.29, 1.82) is 0 Å². The first-order chi connectivity index (χ1) is 5.70. The molecule has 0 aliphatic carbocycles. The van der Waals surface area contributed by atoms with E-state index < -0.39 is 0 Å². The highest BCUT2D eigenvalue weighted by Crippen LogP contribution is 2.13. The summed E-state index contributed by atoms with van der Waals surface area (Å²) in [6.07, 6.45) is 5.83. The summed E-state index contributed by atoms with van der Waals surface area (Å²) in [6.45, 7) is 3.98. The Labute approximate surface area is 74.3 Å². The first-order valence-electron chi connectivity index (χ1n) is 4.44. The predicted molar refractivity (Wildman–Crippen MR) is 50.1 cm³/mol. The topological polar surface area (TPSA) is 37.3 Å². The SMILES string of the molecule is CC(=CO)CCCC(C)CC=O. The summed E-state index contributed by atoms with van der Waals surface area (Å²) in [5.74, 6) is 0.481. The Hall–Kier alpha value is -0.790. The third-order valence-electron chi connectivity index (χ3n) is 1.99. The molecule has 0 radical (unpaired) electrons. The molecular formula is C10H18O2. The number of hydrogen-bond donors (Lipinski definition) is 1. The molecule has 2 heteroatoms. The Morgan fingerprint density at radius 2 is 2.25 bits per heavy atom. The fourth-order valence-electron chi connectivity index (χ4n) is 1.08. The third kappa shape index (κ3) is 5.96. The average Bonchev–Trinajstić information content (AvgIpc) is 2.04. The monoisotopic (exact) mass is 170 g/mol. The minimum Gasteiger partial charge on any atom is -0.516 e. The summed E-state index contributed by atoms with van der Waals surface area (Å²) < 4.78 is 0. The molecule has 1 atom stereocenters. The van der Waals surface area contributed by atoms with Crippen LogP contribution in [0.4, 0.5) is 0 Å². The Morgan fingerprint density at radius 3 is 2.75 bits per heavy atom. The van der Waals surface area contributed by atoms with Crippen molar-refractivity contribution in [1.82, 2.24) is 0 Å². The van der Waals surface area contributed by atoms with E-state index >= 15 is 0 Å². The predicted octanol–water partition coefficient (Wildman–Crippen LogP) is 2.84. The Kier molecular flexibility index (Phi) is 6.44. The maximum Gasteiger partial charge on any atom is 0.120 e. The number of carbonyl (C=O) groups excluding carboxylic acids is 1. The molecule has 0 heterocycles. The lowest BCUT2D eigenvalue weighted by molar-refractivity contribution is -0.108. The van der Waals surface area contributed by atoms with Crippen LogP contribution < -0.4 is 0 Å². The molecule has 0 bridgehead atoms. The zero-order valence-corrected chi connectivity index (χ0v) is 7.92. The lowest BCUT2D eigenvalue weighted by atomic mass is 10.00. The van der Waals surface area contributed by atoms with Gasteiger partial charge in [0, 0.05) is 6.42 Å².